The van der Waals surface area contributed by atoms with E-state index in [9.17, 15) is 14.4 Å². The van der Waals surface area contributed by atoms with Crippen LogP contribution in [0.1, 0.15) is 42.6 Å². The fourth-order valence-corrected chi connectivity index (χ4v) is 3.06. The Morgan fingerprint density at radius 3 is 2.37 bits per heavy atom. The second-order valence-electron chi connectivity index (χ2n) is 7.38. The number of amides is 2. The second kappa shape index (κ2) is 10.0. The molecule has 2 amide bonds. The lowest BCUT2D eigenvalue weighted by Gasteiger charge is -2.16. The van der Waals surface area contributed by atoms with Gasteiger partial charge in [0.2, 0.25) is 5.91 Å². The normalized spacial score (nSPS) is 13.6. The van der Waals surface area contributed by atoms with Crippen molar-refractivity contribution in [2.45, 2.75) is 39.4 Å². The van der Waals surface area contributed by atoms with E-state index in [1.54, 1.807) is 53.4 Å². The third-order valence-electron chi connectivity index (χ3n) is 4.64. The first-order valence-electron chi connectivity index (χ1n) is 10.0. The highest BCUT2D eigenvalue weighted by Gasteiger charge is 2.21. The molecule has 1 heterocycles. The fraction of sp³-hybridized carbons (Fsp3) is 0.348. The molecule has 0 atom stereocenters. The number of hydrogen-bond acceptors (Lipinski definition) is 5. The van der Waals surface area contributed by atoms with Gasteiger partial charge in [-0.15, -0.1) is 0 Å². The minimum Gasteiger partial charge on any atom is -0.452 e. The van der Waals surface area contributed by atoms with Crippen LogP contribution >= 0.6 is 0 Å². The van der Waals surface area contributed by atoms with E-state index < -0.39 is 11.9 Å². The van der Waals surface area contributed by atoms with E-state index in [-0.39, 0.29) is 18.6 Å². The average molecular weight is 410 g/mol. The molecule has 7 heteroatoms. The molecule has 1 N–H and O–H groups in total. The minimum absolute atomic E-state index is 0.110. The highest BCUT2D eigenvalue weighted by Crippen LogP contribution is 2.23. The molecule has 3 rings (SSSR count). The first kappa shape index (κ1) is 21.5. The maximum atomic E-state index is 12.1. The molecule has 1 aliphatic heterocycles. The molecular weight excluding hydrogens is 384 g/mol. The number of nitrogens with zero attached hydrogens (tertiary/aromatic N) is 1. The van der Waals surface area contributed by atoms with Crippen molar-refractivity contribution >= 4 is 29.2 Å². The number of carbonyl (C=O) groups is 3. The van der Waals surface area contributed by atoms with Crippen molar-refractivity contribution in [2.75, 3.05) is 23.4 Å². The van der Waals surface area contributed by atoms with Crippen molar-refractivity contribution in [1.82, 2.24) is 0 Å². The smallest absolute Gasteiger partial charge is 0.338 e. The summed E-state index contributed by atoms with van der Waals surface area (Å²) < 4.78 is 10.6. The highest BCUT2D eigenvalue weighted by atomic mass is 16.5. The van der Waals surface area contributed by atoms with Gasteiger partial charge in [-0.2, -0.15) is 0 Å². The largest absolute Gasteiger partial charge is 0.452 e. The van der Waals surface area contributed by atoms with Crippen molar-refractivity contribution in [3.05, 3.63) is 59.7 Å². The molecular formula is C23H26N2O5. The summed E-state index contributed by atoms with van der Waals surface area (Å²) >= 11 is 0. The van der Waals surface area contributed by atoms with Crippen LogP contribution in [0.2, 0.25) is 0 Å². The van der Waals surface area contributed by atoms with E-state index in [0.29, 0.717) is 30.8 Å². The first-order valence-corrected chi connectivity index (χ1v) is 10.0. The molecule has 1 saturated heterocycles. The van der Waals surface area contributed by atoms with Crippen LogP contribution in [0.15, 0.2) is 48.5 Å². The molecule has 0 aromatic heterocycles. The van der Waals surface area contributed by atoms with Gasteiger partial charge < -0.3 is 19.7 Å². The van der Waals surface area contributed by atoms with Crippen molar-refractivity contribution in [2.24, 2.45) is 0 Å². The topological polar surface area (TPSA) is 84.9 Å². The summed E-state index contributed by atoms with van der Waals surface area (Å²) in [7, 11) is 0. The van der Waals surface area contributed by atoms with E-state index >= 15 is 0 Å². The lowest BCUT2D eigenvalue weighted by molar-refractivity contribution is -0.119. The lowest BCUT2D eigenvalue weighted by Crippen LogP contribution is -2.23. The molecule has 0 bridgehead atoms. The third kappa shape index (κ3) is 5.90. The Labute approximate surface area is 176 Å². The second-order valence-corrected chi connectivity index (χ2v) is 7.38. The maximum absolute atomic E-state index is 12.1. The Morgan fingerprint density at radius 2 is 1.77 bits per heavy atom. The number of rotatable bonds is 8. The Bertz CT molecular complexity index is 891. The summed E-state index contributed by atoms with van der Waals surface area (Å²) in [5, 5.41) is 2.68. The Hall–Kier alpha value is -3.19. The number of anilines is 2. The number of carbonyl (C=O) groups excluding carboxylic acids is 3. The van der Waals surface area contributed by atoms with Crippen molar-refractivity contribution in [3.63, 3.8) is 0 Å². The molecule has 1 fully saturated rings. The van der Waals surface area contributed by atoms with Crippen molar-refractivity contribution in [3.8, 4) is 0 Å². The summed E-state index contributed by atoms with van der Waals surface area (Å²) in [6.07, 6.45) is 1.56. The van der Waals surface area contributed by atoms with Crippen LogP contribution in [0.4, 0.5) is 11.4 Å². The number of hydrogen-bond donors (Lipinski definition) is 1. The number of nitrogens with one attached hydrogen (secondary N) is 1. The SMILES string of the molecule is CC(C)OCc1ccc(C(=O)OCC(=O)Nc2ccc(N3CCCC3=O)cc2)cc1. The van der Waals surface area contributed by atoms with Gasteiger partial charge in [-0.05, 0) is 62.2 Å². The highest BCUT2D eigenvalue weighted by molar-refractivity contribution is 5.97. The summed E-state index contributed by atoms with van der Waals surface area (Å²) in [5.41, 5.74) is 2.71. The fourth-order valence-electron chi connectivity index (χ4n) is 3.06. The Balaban J connectivity index is 1.46. The van der Waals surface area contributed by atoms with Crippen molar-refractivity contribution < 1.29 is 23.9 Å². The molecule has 158 valence electrons. The van der Waals surface area contributed by atoms with Gasteiger partial charge in [-0.1, -0.05) is 12.1 Å². The lowest BCUT2D eigenvalue weighted by atomic mass is 10.1. The van der Waals surface area contributed by atoms with Gasteiger partial charge in [-0.25, -0.2) is 4.79 Å². The molecule has 1 aliphatic rings. The molecule has 2 aromatic rings. The zero-order valence-corrected chi connectivity index (χ0v) is 17.2. The Kier molecular flexibility index (Phi) is 7.19. The molecule has 0 aliphatic carbocycles. The monoisotopic (exact) mass is 410 g/mol. The van der Waals surface area contributed by atoms with Gasteiger partial charge in [-0.3, -0.25) is 9.59 Å². The number of esters is 1. The first-order chi connectivity index (χ1) is 14.4. The standard InChI is InChI=1S/C23H26N2O5/c1-16(2)29-14-17-5-7-18(8-6-17)23(28)30-15-21(26)24-19-9-11-20(12-10-19)25-13-3-4-22(25)27/h5-12,16H,3-4,13-15H2,1-2H3,(H,24,26). The van der Waals surface area contributed by atoms with E-state index in [1.165, 1.54) is 0 Å². The van der Waals surface area contributed by atoms with E-state index in [2.05, 4.69) is 5.32 Å². The van der Waals surface area contributed by atoms with Gasteiger partial charge in [0.05, 0.1) is 18.3 Å². The van der Waals surface area contributed by atoms with E-state index in [0.717, 1.165) is 17.7 Å². The average Bonchev–Trinajstić information content (AvgIpc) is 3.17. The molecule has 30 heavy (non-hydrogen) atoms. The summed E-state index contributed by atoms with van der Waals surface area (Å²) in [6.45, 7) is 4.72. The van der Waals surface area contributed by atoms with Crippen LogP contribution in [0.25, 0.3) is 0 Å². The maximum Gasteiger partial charge on any atom is 0.338 e. The zero-order chi connectivity index (χ0) is 21.5. The zero-order valence-electron chi connectivity index (χ0n) is 17.2. The molecule has 7 nitrogen and oxygen atoms in total. The van der Waals surface area contributed by atoms with Crippen LogP contribution in [-0.2, 0) is 25.7 Å². The van der Waals surface area contributed by atoms with E-state index in [1.807, 2.05) is 13.8 Å². The van der Waals surface area contributed by atoms with Gasteiger partial charge >= 0.3 is 5.97 Å². The number of benzene rings is 2. The third-order valence-corrected chi connectivity index (χ3v) is 4.64. The minimum atomic E-state index is -0.565. The van der Waals surface area contributed by atoms with Gasteiger partial charge in [0.1, 0.15) is 0 Å². The Morgan fingerprint density at radius 1 is 1.07 bits per heavy atom. The molecule has 0 saturated carbocycles. The predicted octanol–water partition coefficient (Wildman–Crippen LogP) is 3.53. The van der Waals surface area contributed by atoms with Crippen LogP contribution < -0.4 is 10.2 Å². The molecule has 2 aromatic carbocycles. The van der Waals surface area contributed by atoms with Crippen LogP contribution in [0, 0.1) is 0 Å². The quantitative estimate of drug-likeness (QED) is 0.673. The van der Waals surface area contributed by atoms with Crippen LogP contribution in [0.5, 0.6) is 0 Å². The van der Waals surface area contributed by atoms with Gasteiger partial charge in [0.25, 0.3) is 5.91 Å². The van der Waals surface area contributed by atoms with Crippen LogP contribution in [0.3, 0.4) is 0 Å². The number of ether oxygens (including phenoxy) is 2. The van der Waals surface area contributed by atoms with Gasteiger partial charge in [0.15, 0.2) is 6.61 Å². The summed E-state index contributed by atoms with van der Waals surface area (Å²) in [5.74, 6) is -0.890. The molecule has 0 spiro atoms. The summed E-state index contributed by atoms with van der Waals surface area (Å²) in [4.78, 5) is 37.7. The molecule has 0 radical (unpaired) electrons. The van der Waals surface area contributed by atoms with Crippen molar-refractivity contribution in [1.29, 1.82) is 0 Å². The summed E-state index contributed by atoms with van der Waals surface area (Å²) in [6, 6.07) is 13.9. The predicted molar refractivity (Wildman–Crippen MR) is 113 cm³/mol. The van der Waals surface area contributed by atoms with Gasteiger partial charge in [0, 0.05) is 24.3 Å². The molecule has 0 unspecified atom stereocenters. The van der Waals surface area contributed by atoms with Crippen LogP contribution in [-0.4, -0.2) is 37.0 Å². The van der Waals surface area contributed by atoms with E-state index in [4.69, 9.17) is 9.47 Å².